The van der Waals surface area contributed by atoms with Crippen LogP contribution >= 0.6 is 0 Å². The van der Waals surface area contributed by atoms with Crippen molar-refractivity contribution >= 4 is 5.91 Å². The van der Waals surface area contributed by atoms with Crippen LogP contribution in [0.2, 0.25) is 0 Å². The highest BCUT2D eigenvalue weighted by atomic mass is 16.5. The van der Waals surface area contributed by atoms with Gasteiger partial charge in [0.2, 0.25) is 5.91 Å². The van der Waals surface area contributed by atoms with Crippen molar-refractivity contribution in [3.05, 3.63) is 0 Å². The normalized spacial score (nSPS) is 18.8. The Bertz CT molecular complexity index is 276. The maximum Gasteiger partial charge on any atom is 0.240 e. The summed E-state index contributed by atoms with van der Waals surface area (Å²) in [4.78, 5) is 14.3. The van der Waals surface area contributed by atoms with Gasteiger partial charge in [0.15, 0.2) is 0 Å². The zero-order valence-electron chi connectivity index (χ0n) is 12.6. The Kier molecular flexibility index (Phi) is 6.75. The fraction of sp³-hybridized carbons (Fsp3) is 0.929. The lowest BCUT2D eigenvalue weighted by Gasteiger charge is -2.31. The number of nitrogens with one attached hydrogen (secondary N) is 1. The van der Waals surface area contributed by atoms with Crippen LogP contribution in [0.4, 0.5) is 0 Å². The van der Waals surface area contributed by atoms with E-state index in [-0.39, 0.29) is 5.91 Å². The van der Waals surface area contributed by atoms with E-state index in [2.05, 4.69) is 31.1 Å². The number of nitrogens with zero attached hydrogens (tertiary/aromatic N) is 1. The van der Waals surface area contributed by atoms with Crippen LogP contribution in [0.1, 0.15) is 39.5 Å². The Hall–Kier alpha value is -0.650. The minimum Gasteiger partial charge on any atom is -0.381 e. The van der Waals surface area contributed by atoms with Crippen molar-refractivity contribution in [1.82, 2.24) is 10.2 Å². The lowest BCUT2D eigenvalue weighted by Crippen LogP contribution is -2.57. The van der Waals surface area contributed by atoms with Crippen LogP contribution in [0.15, 0.2) is 0 Å². The highest BCUT2D eigenvalue weighted by molar-refractivity contribution is 5.86. The van der Waals surface area contributed by atoms with Crippen LogP contribution in [-0.4, -0.2) is 55.7 Å². The number of rotatable bonds is 7. The van der Waals surface area contributed by atoms with Crippen LogP contribution in [-0.2, 0) is 9.53 Å². The molecule has 0 unspecified atom stereocenters. The van der Waals surface area contributed by atoms with Crippen LogP contribution < -0.4 is 11.1 Å². The molecular formula is C14H29N3O2. The van der Waals surface area contributed by atoms with Gasteiger partial charge in [-0.05, 0) is 53.1 Å². The molecule has 0 saturated carbocycles. The summed E-state index contributed by atoms with van der Waals surface area (Å²) in [6.07, 6.45) is 3.33. The summed E-state index contributed by atoms with van der Waals surface area (Å²) in [7, 11) is 2.13. The molecule has 1 amide bonds. The summed E-state index contributed by atoms with van der Waals surface area (Å²) >= 11 is 0. The Morgan fingerprint density at radius 1 is 1.37 bits per heavy atom. The molecule has 3 N–H and O–H groups in total. The molecule has 0 aromatic heterocycles. The van der Waals surface area contributed by atoms with Gasteiger partial charge >= 0.3 is 0 Å². The third-order valence-electron chi connectivity index (χ3n) is 3.94. The van der Waals surface area contributed by atoms with Gasteiger partial charge in [-0.2, -0.15) is 0 Å². The third kappa shape index (κ3) is 5.47. The number of amides is 1. The molecule has 1 aliphatic rings. The Balaban J connectivity index is 2.13. The fourth-order valence-corrected chi connectivity index (χ4v) is 2.09. The van der Waals surface area contributed by atoms with E-state index in [0.29, 0.717) is 38.6 Å². The SMILES string of the molecule is CC(C)N(C)CCCCNC(=O)C1(N)CCOCC1. The smallest absolute Gasteiger partial charge is 0.240 e. The van der Waals surface area contributed by atoms with Crippen LogP contribution in [0.25, 0.3) is 0 Å². The Morgan fingerprint density at radius 2 is 2.00 bits per heavy atom. The van der Waals surface area contributed by atoms with Crippen molar-refractivity contribution in [3.8, 4) is 0 Å². The van der Waals surface area contributed by atoms with Gasteiger partial charge < -0.3 is 20.7 Å². The first-order valence-electron chi connectivity index (χ1n) is 7.31. The maximum atomic E-state index is 12.0. The van der Waals surface area contributed by atoms with E-state index >= 15 is 0 Å². The summed E-state index contributed by atoms with van der Waals surface area (Å²) in [5, 5.41) is 2.96. The lowest BCUT2D eigenvalue weighted by atomic mass is 9.90. The summed E-state index contributed by atoms with van der Waals surface area (Å²) in [5.74, 6) is -0.0204. The first kappa shape index (κ1) is 16.4. The van der Waals surface area contributed by atoms with Gasteiger partial charge in [0.25, 0.3) is 0 Å². The molecule has 0 radical (unpaired) electrons. The van der Waals surface area contributed by atoms with Crippen molar-refractivity contribution in [2.75, 3.05) is 33.4 Å². The molecule has 1 heterocycles. The van der Waals surface area contributed by atoms with Gasteiger partial charge in [0.1, 0.15) is 0 Å². The van der Waals surface area contributed by atoms with Crippen LogP contribution in [0.3, 0.4) is 0 Å². The Labute approximate surface area is 116 Å². The van der Waals surface area contributed by atoms with Crippen molar-refractivity contribution < 1.29 is 9.53 Å². The quantitative estimate of drug-likeness (QED) is 0.670. The number of carbonyl (C=O) groups is 1. The van der Waals surface area contributed by atoms with E-state index in [1.54, 1.807) is 0 Å². The molecule has 5 nitrogen and oxygen atoms in total. The van der Waals surface area contributed by atoms with Crippen LogP contribution in [0.5, 0.6) is 0 Å². The summed E-state index contributed by atoms with van der Waals surface area (Å²) in [5.41, 5.74) is 5.39. The van der Waals surface area contributed by atoms with E-state index in [4.69, 9.17) is 10.5 Å². The van der Waals surface area contributed by atoms with E-state index < -0.39 is 5.54 Å². The van der Waals surface area contributed by atoms with Crippen LogP contribution in [0, 0.1) is 0 Å². The second-order valence-corrected chi connectivity index (χ2v) is 5.81. The molecule has 0 spiro atoms. The summed E-state index contributed by atoms with van der Waals surface area (Å²) in [6.45, 7) is 7.32. The molecule has 5 heteroatoms. The van der Waals surface area contributed by atoms with E-state index in [1.807, 2.05) is 0 Å². The van der Waals surface area contributed by atoms with Gasteiger partial charge in [-0.3, -0.25) is 4.79 Å². The molecule has 112 valence electrons. The predicted molar refractivity (Wildman–Crippen MR) is 77.0 cm³/mol. The predicted octanol–water partition coefficient (Wildman–Crippen LogP) is 0.731. The zero-order valence-corrected chi connectivity index (χ0v) is 12.6. The molecule has 19 heavy (non-hydrogen) atoms. The Morgan fingerprint density at radius 3 is 2.58 bits per heavy atom. The topological polar surface area (TPSA) is 67.6 Å². The second kappa shape index (κ2) is 7.82. The largest absolute Gasteiger partial charge is 0.381 e. The fourth-order valence-electron chi connectivity index (χ4n) is 2.09. The highest BCUT2D eigenvalue weighted by Gasteiger charge is 2.35. The van der Waals surface area contributed by atoms with Gasteiger partial charge in [0.05, 0.1) is 5.54 Å². The van der Waals surface area contributed by atoms with Gasteiger partial charge in [-0.1, -0.05) is 0 Å². The van der Waals surface area contributed by atoms with E-state index in [1.165, 1.54) is 0 Å². The van der Waals surface area contributed by atoms with Gasteiger partial charge in [-0.25, -0.2) is 0 Å². The molecular weight excluding hydrogens is 242 g/mol. The highest BCUT2D eigenvalue weighted by Crippen LogP contribution is 2.17. The summed E-state index contributed by atoms with van der Waals surface area (Å²) < 4.78 is 5.24. The first-order valence-corrected chi connectivity index (χ1v) is 7.31. The standard InChI is InChI=1S/C14H29N3O2/c1-12(2)17(3)9-5-4-8-16-13(18)14(15)6-10-19-11-7-14/h12H,4-11,15H2,1-3H3,(H,16,18). The minimum atomic E-state index is -0.715. The average molecular weight is 271 g/mol. The van der Waals surface area contributed by atoms with Gasteiger partial charge in [-0.15, -0.1) is 0 Å². The first-order chi connectivity index (χ1) is 8.96. The molecule has 0 atom stereocenters. The third-order valence-corrected chi connectivity index (χ3v) is 3.94. The lowest BCUT2D eigenvalue weighted by molar-refractivity contribution is -0.129. The van der Waals surface area contributed by atoms with Crippen molar-refractivity contribution in [2.45, 2.75) is 51.1 Å². The maximum absolute atomic E-state index is 12.0. The summed E-state index contributed by atoms with van der Waals surface area (Å²) in [6, 6.07) is 0.573. The van der Waals surface area contributed by atoms with Crippen molar-refractivity contribution in [2.24, 2.45) is 5.73 Å². The molecule has 1 fully saturated rings. The monoisotopic (exact) mass is 271 g/mol. The van der Waals surface area contributed by atoms with Crippen molar-refractivity contribution in [1.29, 1.82) is 0 Å². The average Bonchev–Trinajstić information content (AvgIpc) is 2.38. The molecule has 1 aliphatic heterocycles. The number of ether oxygens (including phenoxy) is 1. The molecule has 0 bridgehead atoms. The zero-order chi connectivity index (χ0) is 14.3. The molecule has 1 rings (SSSR count). The molecule has 0 aromatic rings. The molecule has 0 aliphatic carbocycles. The number of hydrogen-bond donors (Lipinski definition) is 2. The number of carbonyl (C=O) groups excluding carboxylic acids is 1. The molecule has 0 aromatic carbocycles. The number of nitrogens with two attached hydrogens (primary N) is 1. The minimum absolute atomic E-state index is 0.0204. The number of unbranched alkanes of at least 4 members (excludes halogenated alkanes) is 1. The van der Waals surface area contributed by atoms with Gasteiger partial charge in [0, 0.05) is 25.8 Å². The van der Waals surface area contributed by atoms with E-state index in [0.717, 1.165) is 19.4 Å². The second-order valence-electron chi connectivity index (χ2n) is 5.81. The van der Waals surface area contributed by atoms with Crippen molar-refractivity contribution in [3.63, 3.8) is 0 Å². The van der Waals surface area contributed by atoms with E-state index in [9.17, 15) is 4.79 Å². The number of hydrogen-bond acceptors (Lipinski definition) is 4. The molecule has 1 saturated heterocycles.